The Hall–Kier alpha value is -2.96. The van der Waals surface area contributed by atoms with Gasteiger partial charge >= 0.3 is 0 Å². The van der Waals surface area contributed by atoms with Gasteiger partial charge in [0.05, 0.1) is 24.9 Å². The van der Waals surface area contributed by atoms with Crippen LogP contribution in [-0.4, -0.2) is 20.7 Å². The van der Waals surface area contributed by atoms with Crippen LogP contribution in [0, 0.1) is 6.92 Å². The molecule has 4 rings (SSSR count). The van der Waals surface area contributed by atoms with Gasteiger partial charge in [-0.2, -0.15) is 5.10 Å². The second-order valence-electron chi connectivity index (χ2n) is 6.74. The highest BCUT2D eigenvalue weighted by Gasteiger charge is 2.12. The molecule has 5 nitrogen and oxygen atoms in total. The molecule has 0 aliphatic rings. The van der Waals surface area contributed by atoms with E-state index in [4.69, 9.17) is 11.6 Å². The van der Waals surface area contributed by atoms with Crippen molar-refractivity contribution >= 4 is 34.7 Å². The van der Waals surface area contributed by atoms with Crippen molar-refractivity contribution in [3.8, 4) is 10.6 Å². The number of anilines is 1. The standard InChI is InChI=1S/C22H19ClN4OS/c1-15-5-7-17(8-6-15)22-25-19(14-29-22)12-21(28)26-20-9-10-24-27(20)13-16-3-2-4-18(23)11-16/h2-11,14H,12-13H2,1H3,(H,26,28). The Kier molecular flexibility index (Phi) is 5.74. The monoisotopic (exact) mass is 422 g/mol. The second-order valence-corrected chi connectivity index (χ2v) is 8.03. The smallest absolute Gasteiger partial charge is 0.231 e. The predicted octanol–water partition coefficient (Wildman–Crippen LogP) is 5.20. The lowest BCUT2D eigenvalue weighted by Gasteiger charge is -2.09. The van der Waals surface area contributed by atoms with E-state index in [1.54, 1.807) is 28.3 Å². The zero-order valence-corrected chi connectivity index (χ0v) is 17.4. The summed E-state index contributed by atoms with van der Waals surface area (Å²) in [6.07, 6.45) is 1.88. The Bertz CT molecular complexity index is 1130. The summed E-state index contributed by atoms with van der Waals surface area (Å²) in [7, 11) is 0. The van der Waals surface area contributed by atoms with Crippen molar-refractivity contribution in [1.82, 2.24) is 14.8 Å². The van der Waals surface area contributed by atoms with E-state index in [1.165, 1.54) is 5.56 Å². The van der Waals surface area contributed by atoms with Crippen LogP contribution in [0.3, 0.4) is 0 Å². The number of carbonyl (C=O) groups excluding carboxylic acids is 1. The molecule has 4 aromatic rings. The van der Waals surface area contributed by atoms with Gasteiger partial charge in [0.25, 0.3) is 0 Å². The van der Waals surface area contributed by atoms with Crippen LogP contribution in [0.2, 0.25) is 5.02 Å². The van der Waals surface area contributed by atoms with Gasteiger partial charge in [0.15, 0.2) is 0 Å². The van der Waals surface area contributed by atoms with E-state index in [9.17, 15) is 4.79 Å². The first-order valence-electron chi connectivity index (χ1n) is 9.14. The van der Waals surface area contributed by atoms with Gasteiger partial charge in [0.1, 0.15) is 10.8 Å². The summed E-state index contributed by atoms with van der Waals surface area (Å²) in [6, 6.07) is 17.6. The number of nitrogens with zero attached hydrogens (tertiary/aromatic N) is 3. The zero-order valence-electron chi connectivity index (χ0n) is 15.8. The first kappa shape index (κ1) is 19.4. The number of carbonyl (C=O) groups is 1. The molecule has 0 aliphatic carbocycles. The lowest BCUT2D eigenvalue weighted by Crippen LogP contribution is -2.18. The number of aryl methyl sites for hydroxylation is 1. The van der Waals surface area contributed by atoms with E-state index in [0.717, 1.165) is 21.8 Å². The van der Waals surface area contributed by atoms with E-state index < -0.39 is 0 Å². The Morgan fingerprint density at radius 2 is 2.00 bits per heavy atom. The molecule has 0 bridgehead atoms. The number of amides is 1. The minimum Gasteiger partial charge on any atom is -0.311 e. The number of hydrogen-bond donors (Lipinski definition) is 1. The number of aromatic nitrogens is 3. The van der Waals surface area contributed by atoms with Gasteiger partial charge in [0, 0.05) is 22.0 Å². The van der Waals surface area contributed by atoms with Gasteiger partial charge in [0.2, 0.25) is 5.91 Å². The molecule has 0 atom stereocenters. The zero-order chi connectivity index (χ0) is 20.2. The van der Waals surface area contributed by atoms with Crippen molar-refractivity contribution in [3.63, 3.8) is 0 Å². The molecular formula is C22H19ClN4OS. The molecule has 1 N–H and O–H groups in total. The second kappa shape index (κ2) is 8.59. The molecule has 1 amide bonds. The van der Waals surface area contributed by atoms with E-state index in [1.807, 2.05) is 41.8 Å². The molecule has 146 valence electrons. The average Bonchev–Trinajstić information content (AvgIpc) is 3.32. The van der Waals surface area contributed by atoms with Crippen molar-refractivity contribution in [2.24, 2.45) is 0 Å². The van der Waals surface area contributed by atoms with E-state index in [-0.39, 0.29) is 12.3 Å². The van der Waals surface area contributed by atoms with Crippen molar-refractivity contribution in [2.45, 2.75) is 19.9 Å². The summed E-state index contributed by atoms with van der Waals surface area (Å²) in [5.74, 6) is 0.516. The summed E-state index contributed by atoms with van der Waals surface area (Å²) in [5.41, 5.74) is 4.04. The molecule has 0 fully saturated rings. The minimum absolute atomic E-state index is 0.126. The van der Waals surface area contributed by atoms with Crippen LogP contribution >= 0.6 is 22.9 Å². The van der Waals surface area contributed by atoms with Crippen molar-refractivity contribution < 1.29 is 4.79 Å². The number of rotatable bonds is 6. The minimum atomic E-state index is -0.126. The molecule has 0 radical (unpaired) electrons. The number of benzene rings is 2. The quantitative estimate of drug-likeness (QED) is 0.464. The molecular weight excluding hydrogens is 404 g/mol. The largest absolute Gasteiger partial charge is 0.311 e. The topological polar surface area (TPSA) is 59.8 Å². The summed E-state index contributed by atoms with van der Waals surface area (Å²) >= 11 is 7.59. The molecule has 2 aromatic carbocycles. The van der Waals surface area contributed by atoms with Crippen molar-refractivity contribution in [3.05, 3.63) is 88.0 Å². The molecule has 0 saturated heterocycles. The molecule has 7 heteroatoms. The number of halogens is 1. The fourth-order valence-corrected chi connectivity index (χ4v) is 3.98. The Labute approximate surface area is 178 Å². The summed E-state index contributed by atoms with van der Waals surface area (Å²) in [6.45, 7) is 2.58. The molecule has 0 unspecified atom stereocenters. The number of hydrogen-bond acceptors (Lipinski definition) is 4. The first-order valence-corrected chi connectivity index (χ1v) is 10.4. The predicted molar refractivity (Wildman–Crippen MR) is 117 cm³/mol. The molecule has 2 aromatic heterocycles. The number of nitrogens with one attached hydrogen (secondary N) is 1. The van der Waals surface area contributed by atoms with Gasteiger partial charge in [-0.15, -0.1) is 11.3 Å². The van der Waals surface area contributed by atoms with Gasteiger partial charge < -0.3 is 5.32 Å². The maximum atomic E-state index is 12.5. The van der Waals surface area contributed by atoms with Crippen molar-refractivity contribution in [2.75, 3.05) is 5.32 Å². The van der Waals surface area contributed by atoms with Crippen LogP contribution in [0.4, 0.5) is 5.82 Å². The molecule has 29 heavy (non-hydrogen) atoms. The number of thiazole rings is 1. The fourth-order valence-electron chi connectivity index (χ4n) is 2.94. The normalized spacial score (nSPS) is 10.8. The Morgan fingerprint density at radius 1 is 1.17 bits per heavy atom. The van der Waals surface area contributed by atoms with Crippen LogP contribution in [0.1, 0.15) is 16.8 Å². The highest BCUT2D eigenvalue weighted by molar-refractivity contribution is 7.13. The Balaban J connectivity index is 1.41. The van der Waals surface area contributed by atoms with E-state index >= 15 is 0 Å². The maximum absolute atomic E-state index is 12.5. The van der Waals surface area contributed by atoms with Crippen LogP contribution in [0.15, 0.2) is 66.2 Å². The molecule has 0 spiro atoms. The van der Waals surface area contributed by atoms with Crippen LogP contribution < -0.4 is 5.32 Å². The van der Waals surface area contributed by atoms with Gasteiger partial charge in [-0.05, 0) is 24.6 Å². The third-order valence-electron chi connectivity index (χ3n) is 4.40. The fraction of sp³-hybridized carbons (Fsp3) is 0.136. The SMILES string of the molecule is Cc1ccc(-c2nc(CC(=O)Nc3ccnn3Cc3cccc(Cl)c3)cs2)cc1. The van der Waals surface area contributed by atoms with Crippen molar-refractivity contribution in [1.29, 1.82) is 0 Å². The lowest BCUT2D eigenvalue weighted by atomic mass is 10.2. The van der Waals surface area contributed by atoms with Gasteiger partial charge in [-0.3, -0.25) is 4.79 Å². The Morgan fingerprint density at radius 3 is 2.79 bits per heavy atom. The van der Waals surface area contributed by atoms with E-state index in [0.29, 0.717) is 17.4 Å². The molecule has 0 aliphatic heterocycles. The highest BCUT2D eigenvalue weighted by atomic mass is 35.5. The summed E-state index contributed by atoms with van der Waals surface area (Å²) in [4.78, 5) is 17.1. The van der Waals surface area contributed by atoms with Gasteiger partial charge in [-0.25, -0.2) is 9.67 Å². The maximum Gasteiger partial charge on any atom is 0.231 e. The summed E-state index contributed by atoms with van der Waals surface area (Å²) in [5, 5.41) is 10.7. The van der Waals surface area contributed by atoms with E-state index in [2.05, 4.69) is 34.5 Å². The van der Waals surface area contributed by atoms with Crippen LogP contribution in [0.5, 0.6) is 0 Å². The third-order valence-corrected chi connectivity index (χ3v) is 5.57. The van der Waals surface area contributed by atoms with Gasteiger partial charge in [-0.1, -0.05) is 53.6 Å². The lowest BCUT2D eigenvalue weighted by molar-refractivity contribution is -0.115. The van der Waals surface area contributed by atoms with Crippen LogP contribution in [0.25, 0.3) is 10.6 Å². The van der Waals surface area contributed by atoms with Crippen LogP contribution in [-0.2, 0) is 17.8 Å². The average molecular weight is 423 g/mol. The molecule has 0 saturated carbocycles. The third kappa shape index (κ3) is 4.91. The molecule has 2 heterocycles. The first-order chi connectivity index (χ1) is 14.1. The highest BCUT2D eigenvalue weighted by Crippen LogP contribution is 2.24. The summed E-state index contributed by atoms with van der Waals surface area (Å²) < 4.78 is 1.74.